The fourth-order valence-electron chi connectivity index (χ4n) is 2.38. The third-order valence-corrected chi connectivity index (χ3v) is 3.46. The minimum absolute atomic E-state index is 0.335. The summed E-state index contributed by atoms with van der Waals surface area (Å²) in [7, 11) is 0. The quantitative estimate of drug-likeness (QED) is 0.712. The van der Waals surface area contributed by atoms with Crippen molar-refractivity contribution >= 4 is 5.97 Å². The number of hydrogen-bond acceptors (Lipinski definition) is 2. The van der Waals surface area contributed by atoms with Crippen molar-refractivity contribution in [3.05, 3.63) is 0 Å². The fourth-order valence-corrected chi connectivity index (χ4v) is 2.38. The molecular weight excluding hydrogens is 190 g/mol. The summed E-state index contributed by atoms with van der Waals surface area (Å²) in [5, 5.41) is 12.2. The van der Waals surface area contributed by atoms with Gasteiger partial charge in [0.15, 0.2) is 0 Å². The van der Waals surface area contributed by atoms with Gasteiger partial charge < -0.3 is 10.4 Å². The number of carboxylic acid groups (broad SMARTS) is 1. The van der Waals surface area contributed by atoms with E-state index >= 15 is 0 Å². The van der Waals surface area contributed by atoms with E-state index in [0.29, 0.717) is 5.41 Å². The van der Waals surface area contributed by atoms with Crippen molar-refractivity contribution in [2.45, 2.75) is 58.4 Å². The Bertz CT molecular complexity index is 210. The largest absolute Gasteiger partial charge is 0.480 e. The Labute approximate surface area is 92.3 Å². The number of hydrogen-bond donors (Lipinski definition) is 2. The maximum atomic E-state index is 10.9. The summed E-state index contributed by atoms with van der Waals surface area (Å²) in [5.74, 6) is -0.710. The smallest absolute Gasteiger partial charge is 0.320 e. The van der Waals surface area contributed by atoms with Crippen molar-refractivity contribution in [1.29, 1.82) is 0 Å². The molecule has 1 rings (SSSR count). The van der Waals surface area contributed by atoms with E-state index in [4.69, 9.17) is 5.11 Å². The average molecular weight is 213 g/mol. The maximum absolute atomic E-state index is 10.9. The van der Waals surface area contributed by atoms with Gasteiger partial charge in [-0.15, -0.1) is 0 Å². The Hall–Kier alpha value is -0.570. The molecule has 0 aromatic rings. The number of aliphatic carboxylic acids is 1. The summed E-state index contributed by atoms with van der Waals surface area (Å²) < 4.78 is 0. The van der Waals surface area contributed by atoms with Crippen molar-refractivity contribution in [2.75, 3.05) is 6.54 Å². The van der Waals surface area contributed by atoms with Gasteiger partial charge in [-0.05, 0) is 24.7 Å². The second-order valence-electron chi connectivity index (χ2n) is 5.08. The molecule has 2 N–H and O–H groups in total. The second-order valence-corrected chi connectivity index (χ2v) is 5.08. The van der Waals surface area contributed by atoms with Crippen LogP contribution in [0.25, 0.3) is 0 Å². The average Bonchev–Trinajstić information content (AvgIpc) is 2.60. The summed E-state index contributed by atoms with van der Waals surface area (Å²) in [4.78, 5) is 10.9. The first-order valence-corrected chi connectivity index (χ1v) is 6.03. The van der Waals surface area contributed by atoms with Gasteiger partial charge in [0, 0.05) is 6.54 Å². The van der Waals surface area contributed by atoms with E-state index in [1.54, 1.807) is 0 Å². The van der Waals surface area contributed by atoms with E-state index < -0.39 is 5.97 Å². The molecule has 1 aliphatic rings. The molecule has 0 saturated heterocycles. The van der Waals surface area contributed by atoms with Crippen LogP contribution in [0.1, 0.15) is 52.4 Å². The molecule has 0 bridgehead atoms. The second kappa shape index (κ2) is 5.50. The molecule has 0 amide bonds. The molecule has 0 spiro atoms. The molecule has 1 fully saturated rings. The van der Waals surface area contributed by atoms with E-state index in [-0.39, 0.29) is 6.04 Å². The molecule has 0 heterocycles. The highest BCUT2D eigenvalue weighted by molar-refractivity contribution is 5.73. The van der Waals surface area contributed by atoms with Crippen LogP contribution < -0.4 is 5.32 Å². The van der Waals surface area contributed by atoms with E-state index in [9.17, 15) is 4.79 Å². The van der Waals surface area contributed by atoms with Crippen molar-refractivity contribution in [1.82, 2.24) is 5.32 Å². The maximum Gasteiger partial charge on any atom is 0.320 e. The van der Waals surface area contributed by atoms with Crippen molar-refractivity contribution in [3.63, 3.8) is 0 Å². The van der Waals surface area contributed by atoms with Crippen LogP contribution in [0.3, 0.4) is 0 Å². The van der Waals surface area contributed by atoms with Crippen LogP contribution >= 0.6 is 0 Å². The number of nitrogens with one attached hydrogen (secondary N) is 1. The summed E-state index contributed by atoms with van der Waals surface area (Å²) in [5.41, 5.74) is 0.335. The zero-order valence-electron chi connectivity index (χ0n) is 9.88. The van der Waals surface area contributed by atoms with Crippen LogP contribution in [-0.2, 0) is 4.79 Å². The molecule has 1 unspecified atom stereocenters. The lowest BCUT2D eigenvalue weighted by atomic mass is 9.88. The number of carboxylic acids is 1. The Morgan fingerprint density at radius 3 is 2.53 bits per heavy atom. The fraction of sp³-hybridized carbons (Fsp3) is 0.917. The van der Waals surface area contributed by atoms with Crippen LogP contribution in [0.2, 0.25) is 0 Å². The van der Waals surface area contributed by atoms with Gasteiger partial charge in [-0.3, -0.25) is 4.79 Å². The highest BCUT2D eigenvalue weighted by Crippen LogP contribution is 2.36. The van der Waals surface area contributed by atoms with Crippen LogP contribution in [0.5, 0.6) is 0 Å². The highest BCUT2D eigenvalue weighted by atomic mass is 16.4. The van der Waals surface area contributed by atoms with E-state index in [1.165, 1.54) is 25.7 Å². The van der Waals surface area contributed by atoms with Crippen LogP contribution in [0, 0.1) is 5.41 Å². The molecule has 1 saturated carbocycles. The third kappa shape index (κ3) is 3.82. The van der Waals surface area contributed by atoms with Gasteiger partial charge in [0.05, 0.1) is 0 Å². The molecule has 0 radical (unpaired) electrons. The first-order valence-electron chi connectivity index (χ1n) is 6.03. The van der Waals surface area contributed by atoms with Gasteiger partial charge in [-0.2, -0.15) is 0 Å². The Morgan fingerprint density at radius 2 is 2.07 bits per heavy atom. The summed E-state index contributed by atoms with van der Waals surface area (Å²) >= 11 is 0. The summed E-state index contributed by atoms with van der Waals surface area (Å²) in [6.45, 7) is 5.14. The van der Waals surface area contributed by atoms with Crippen molar-refractivity contribution < 1.29 is 9.90 Å². The van der Waals surface area contributed by atoms with Crippen molar-refractivity contribution in [2.24, 2.45) is 5.41 Å². The first-order chi connectivity index (χ1) is 7.07. The number of rotatable bonds is 6. The van der Waals surface area contributed by atoms with E-state index in [0.717, 1.165) is 19.4 Å². The number of carbonyl (C=O) groups is 1. The first kappa shape index (κ1) is 12.5. The van der Waals surface area contributed by atoms with Gasteiger partial charge in [0.2, 0.25) is 0 Å². The topological polar surface area (TPSA) is 49.3 Å². The molecule has 0 aromatic carbocycles. The standard InChI is InChI=1S/C12H23NO2/c1-3-6-10(11(14)15)13-9-12(2)7-4-5-8-12/h10,13H,3-9H2,1-2H3,(H,14,15). The normalized spacial score (nSPS) is 21.5. The molecule has 15 heavy (non-hydrogen) atoms. The Kier molecular flexibility index (Phi) is 4.58. The monoisotopic (exact) mass is 213 g/mol. The highest BCUT2D eigenvalue weighted by Gasteiger charge is 2.29. The summed E-state index contributed by atoms with van der Waals surface area (Å²) in [6, 6.07) is -0.354. The van der Waals surface area contributed by atoms with Crippen LogP contribution in [-0.4, -0.2) is 23.7 Å². The Morgan fingerprint density at radius 1 is 1.47 bits per heavy atom. The molecular formula is C12H23NO2. The Balaban J connectivity index is 2.35. The molecule has 1 atom stereocenters. The molecule has 0 aliphatic heterocycles. The molecule has 88 valence electrons. The van der Waals surface area contributed by atoms with E-state index in [2.05, 4.69) is 12.2 Å². The van der Waals surface area contributed by atoms with Gasteiger partial charge >= 0.3 is 5.97 Å². The van der Waals surface area contributed by atoms with Crippen LogP contribution in [0.4, 0.5) is 0 Å². The van der Waals surface area contributed by atoms with Gasteiger partial charge in [-0.1, -0.05) is 33.1 Å². The molecule has 1 aliphatic carbocycles. The predicted molar refractivity (Wildman–Crippen MR) is 60.9 cm³/mol. The zero-order valence-corrected chi connectivity index (χ0v) is 9.88. The minimum atomic E-state index is -0.710. The lowest BCUT2D eigenvalue weighted by Crippen LogP contribution is -2.41. The van der Waals surface area contributed by atoms with Crippen LogP contribution in [0.15, 0.2) is 0 Å². The van der Waals surface area contributed by atoms with Crippen molar-refractivity contribution in [3.8, 4) is 0 Å². The molecule has 3 nitrogen and oxygen atoms in total. The van der Waals surface area contributed by atoms with Gasteiger partial charge in [-0.25, -0.2) is 0 Å². The third-order valence-electron chi connectivity index (χ3n) is 3.46. The van der Waals surface area contributed by atoms with Gasteiger partial charge in [0.1, 0.15) is 6.04 Å². The minimum Gasteiger partial charge on any atom is -0.480 e. The lowest BCUT2D eigenvalue weighted by Gasteiger charge is -2.26. The SMILES string of the molecule is CCCC(NCC1(C)CCCC1)C(=O)O. The lowest BCUT2D eigenvalue weighted by molar-refractivity contribution is -0.139. The van der Waals surface area contributed by atoms with Gasteiger partial charge in [0.25, 0.3) is 0 Å². The zero-order chi connectivity index (χ0) is 11.3. The molecule has 0 aromatic heterocycles. The summed E-state index contributed by atoms with van der Waals surface area (Å²) in [6.07, 6.45) is 6.70. The predicted octanol–water partition coefficient (Wildman–Crippen LogP) is 2.41. The van der Waals surface area contributed by atoms with E-state index in [1.807, 2.05) is 6.92 Å². The molecule has 3 heteroatoms.